The third-order valence-corrected chi connectivity index (χ3v) is 6.35. The van der Waals surface area contributed by atoms with E-state index >= 15 is 0 Å². The Morgan fingerprint density at radius 2 is 2.00 bits per heavy atom. The molecule has 0 saturated heterocycles. The number of nitrogens with zero attached hydrogens (tertiary/aromatic N) is 5. The number of nitrogen functional groups attached to an aromatic ring is 1. The van der Waals surface area contributed by atoms with Crippen LogP contribution in [0.2, 0.25) is 0 Å². The summed E-state index contributed by atoms with van der Waals surface area (Å²) in [5.41, 5.74) is 12.8. The maximum Gasteiger partial charge on any atom is 0.254 e. The molecule has 8 heteroatoms. The number of fused-ring (bicyclic) bond motifs is 2. The lowest BCUT2D eigenvalue weighted by Crippen LogP contribution is -2.23. The number of amides is 1. The molecule has 0 aliphatic heterocycles. The third kappa shape index (κ3) is 3.87. The molecule has 8 nitrogen and oxygen atoms in total. The van der Waals surface area contributed by atoms with Crippen LogP contribution >= 0.6 is 0 Å². The number of aryl methyl sites for hydroxylation is 3. The molecule has 0 bridgehead atoms. The van der Waals surface area contributed by atoms with E-state index in [1.54, 1.807) is 23.3 Å². The van der Waals surface area contributed by atoms with Crippen molar-refractivity contribution in [3.05, 3.63) is 88.8 Å². The van der Waals surface area contributed by atoms with Gasteiger partial charge in [-0.15, -0.1) is 0 Å². The molecular formula is C26H27N7O. The molecule has 0 aliphatic carbocycles. The maximum atomic E-state index is 12.8. The zero-order valence-corrected chi connectivity index (χ0v) is 19.5. The quantitative estimate of drug-likeness (QED) is 0.407. The number of nitrogens with two attached hydrogens (primary N) is 1. The number of pyridine rings is 2. The summed E-state index contributed by atoms with van der Waals surface area (Å²) < 4.78 is 3.84. The van der Waals surface area contributed by atoms with E-state index in [1.165, 1.54) is 5.69 Å². The van der Waals surface area contributed by atoms with Crippen molar-refractivity contribution in [3.8, 4) is 0 Å². The zero-order valence-electron chi connectivity index (χ0n) is 19.5. The molecule has 0 aliphatic rings. The molecular weight excluding hydrogens is 426 g/mol. The highest BCUT2D eigenvalue weighted by atomic mass is 16.1. The number of nitrogens with one attached hydrogen (secondary N) is 1. The predicted octanol–water partition coefficient (Wildman–Crippen LogP) is 3.82. The van der Waals surface area contributed by atoms with Gasteiger partial charge in [-0.3, -0.25) is 9.48 Å². The molecule has 5 aromatic rings. The number of carbonyl (C=O) groups excluding carboxylic acids is 1. The van der Waals surface area contributed by atoms with Gasteiger partial charge >= 0.3 is 0 Å². The summed E-state index contributed by atoms with van der Waals surface area (Å²) in [6.45, 7) is 7.12. The fourth-order valence-electron chi connectivity index (χ4n) is 4.49. The van der Waals surface area contributed by atoms with Gasteiger partial charge in [0, 0.05) is 36.2 Å². The minimum absolute atomic E-state index is 0.164. The van der Waals surface area contributed by atoms with Crippen molar-refractivity contribution in [1.29, 1.82) is 0 Å². The number of imidazole rings is 1. The summed E-state index contributed by atoms with van der Waals surface area (Å²) in [6, 6.07) is 10.1. The second-order valence-electron chi connectivity index (χ2n) is 8.53. The van der Waals surface area contributed by atoms with Crippen molar-refractivity contribution in [1.82, 2.24) is 29.5 Å². The van der Waals surface area contributed by atoms with E-state index < -0.39 is 0 Å². The average molecular weight is 454 g/mol. The largest absolute Gasteiger partial charge is 0.383 e. The van der Waals surface area contributed by atoms with Gasteiger partial charge in [-0.2, -0.15) is 5.10 Å². The normalized spacial score (nSPS) is 11.4. The Morgan fingerprint density at radius 3 is 2.82 bits per heavy atom. The van der Waals surface area contributed by atoms with Crippen LogP contribution in [0.1, 0.15) is 45.4 Å². The van der Waals surface area contributed by atoms with Gasteiger partial charge in [-0.1, -0.05) is 13.0 Å². The molecule has 0 unspecified atom stereocenters. The highest BCUT2D eigenvalue weighted by molar-refractivity contribution is 5.95. The Kier molecular flexibility index (Phi) is 5.49. The Labute approximate surface area is 197 Å². The minimum atomic E-state index is -0.164. The van der Waals surface area contributed by atoms with E-state index in [0.29, 0.717) is 24.5 Å². The van der Waals surface area contributed by atoms with Crippen LogP contribution in [0.5, 0.6) is 0 Å². The van der Waals surface area contributed by atoms with Crippen molar-refractivity contribution in [2.45, 2.75) is 40.3 Å². The first-order valence-electron chi connectivity index (χ1n) is 11.3. The SMILES string of the molecule is CCc1cccc2nc(Cn3cc(C(=O)NCc4c(C)cc5c(N)nccc5c4C)cn3)cn12. The van der Waals surface area contributed by atoms with Gasteiger partial charge in [0.2, 0.25) is 0 Å². The molecule has 1 aromatic carbocycles. The van der Waals surface area contributed by atoms with Crippen LogP contribution in [0, 0.1) is 13.8 Å². The van der Waals surface area contributed by atoms with Crippen LogP contribution in [0.15, 0.2) is 55.1 Å². The summed E-state index contributed by atoms with van der Waals surface area (Å²) in [5.74, 6) is 0.353. The van der Waals surface area contributed by atoms with Gasteiger partial charge in [0.1, 0.15) is 11.5 Å². The molecule has 0 atom stereocenters. The molecule has 172 valence electrons. The van der Waals surface area contributed by atoms with Crippen LogP contribution in [0.4, 0.5) is 5.82 Å². The van der Waals surface area contributed by atoms with Crippen molar-refractivity contribution >= 4 is 28.1 Å². The molecule has 3 N–H and O–H groups in total. The lowest BCUT2D eigenvalue weighted by atomic mass is 9.96. The number of hydrogen-bond acceptors (Lipinski definition) is 5. The number of benzene rings is 1. The van der Waals surface area contributed by atoms with Crippen LogP contribution in [-0.2, 0) is 19.5 Å². The van der Waals surface area contributed by atoms with Crippen molar-refractivity contribution in [2.24, 2.45) is 0 Å². The Bertz CT molecular complexity index is 1530. The van der Waals surface area contributed by atoms with Crippen LogP contribution in [0.25, 0.3) is 16.4 Å². The minimum Gasteiger partial charge on any atom is -0.383 e. The van der Waals surface area contributed by atoms with E-state index in [9.17, 15) is 4.79 Å². The smallest absolute Gasteiger partial charge is 0.254 e. The van der Waals surface area contributed by atoms with E-state index in [0.717, 1.165) is 45.2 Å². The third-order valence-electron chi connectivity index (χ3n) is 6.35. The number of carbonyl (C=O) groups is 1. The monoisotopic (exact) mass is 453 g/mol. The molecule has 0 fully saturated rings. The second-order valence-corrected chi connectivity index (χ2v) is 8.53. The second kappa shape index (κ2) is 8.62. The van der Waals surface area contributed by atoms with E-state index in [-0.39, 0.29) is 5.91 Å². The van der Waals surface area contributed by atoms with Gasteiger partial charge in [-0.05, 0) is 66.6 Å². The number of rotatable bonds is 6. The van der Waals surface area contributed by atoms with Gasteiger partial charge in [-0.25, -0.2) is 9.97 Å². The topological polar surface area (TPSA) is 103 Å². The van der Waals surface area contributed by atoms with Crippen molar-refractivity contribution in [3.63, 3.8) is 0 Å². The van der Waals surface area contributed by atoms with Crippen LogP contribution < -0.4 is 11.1 Å². The molecule has 4 aromatic heterocycles. The fourth-order valence-corrected chi connectivity index (χ4v) is 4.49. The zero-order chi connectivity index (χ0) is 23.8. The lowest BCUT2D eigenvalue weighted by molar-refractivity contribution is 0.0950. The number of hydrogen-bond donors (Lipinski definition) is 2. The molecule has 5 rings (SSSR count). The predicted molar refractivity (Wildman–Crippen MR) is 133 cm³/mol. The fraction of sp³-hybridized carbons (Fsp3) is 0.231. The first-order valence-corrected chi connectivity index (χ1v) is 11.3. The van der Waals surface area contributed by atoms with Crippen LogP contribution in [0.3, 0.4) is 0 Å². The van der Waals surface area contributed by atoms with Gasteiger partial charge in [0.15, 0.2) is 0 Å². The number of anilines is 1. The van der Waals surface area contributed by atoms with Gasteiger partial charge in [0.05, 0.1) is 24.0 Å². The number of aromatic nitrogens is 5. The molecule has 4 heterocycles. The maximum absolute atomic E-state index is 12.8. The Morgan fingerprint density at radius 1 is 1.15 bits per heavy atom. The Balaban J connectivity index is 1.30. The van der Waals surface area contributed by atoms with Gasteiger partial charge in [0.25, 0.3) is 5.91 Å². The molecule has 0 saturated carbocycles. The van der Waals surface area contributed by atoms with E-state index in [2.05, 4.69) is 37.8 Å². The summed E-state index contributed by atoms with van der Waals surface area (Å²) in [7, 11) is 0. The molecule has 0 radical (unpaired) electrons. The van der Waals surface area contributed by atoms with E-state index in [4.69, 9.17) is 5.73 Å². The summed E-state index contributed by atoms with van der Waals surface area (Å²) >= 11 is 0. The first kappa shape index (κ1) is 21.6. The summed E-state index contributed by atoms with van der Waals surface area (Å²) in [5, 5.41) is 9.39. The highest BCUT2D eigenvalue weighted by Crippen LogP contribution is 2.27. The van der Waals surface area contributed by atoms with E-state index in [1.807, 2.05) is 44.3 Å². The average Bonchev–Trinajstić information content (AvgIpc) is 3.46. The standard InChI is InChI=1S/C26H27N7O/c1-4-20-6-5-7-24-31-19(15-33(20)24)14-32-13-18(11-30-32)26(34)29-12-23-16(2)10-22-21(17(23)3)8-9-28-25(22)27/h5-11,13,15H,4,12,14H2,1-3H3,(H2,27,28)(H,29,34). The van der Waals surface area contributed by atoms with Crippen molar-refractivity contribution in [2.75, 3.05) is 5.73 Å². The highest BCUT2D eigenvalue weighted by Gasteiger charge is 2.14. The molecule has 34 heavy (non-hydrogen) atoms. The first-order chi connectivity index (χ1) is 16.4. The van der Waals surface area contributed by atoms with Crippen molar-refractivity contribution < 1.29 is 4.79 Å². The van der Waals surface area contributed by atoms with Gasteiger partial charge < -0.3 is 15.5 Å². The molecule has 1 amide bonds. The summed E-state index contributed by atoms with van der Waals surface area (Å²) in [6.07, 6.45) is 8.02. The summed E-state index contributed by atoms with van der Waals surface area (Å²) in [4.78, 5) is 21.7. The Hall–Kier alpha value is -4.20. The lowest BCUT2D eigenvalue weighted by Gasteiger charge is -2.14. The van der Waals surface area contributed by atoms with Crippen LogP contribution in [-0.4, -0.2) is 30.1 Å². The molecule has 0 spiro atoms.